The number of thiophene rings is 1. The summed E-state index contributed by atoms with van der Waals surface area (Å²) in [6.45, 7) is 0.567. The zero-order valence-corrected chi connectivity index (χ0v) is 12.8. The van der Waals surface area contributed by atoms with Gasteiger partial charge in [0.25, 0.3) is 0 Å². The molecule has 3 nitrogen and oxygen atoms in total. The van der Waals surface area contributed by atoms with Crippen molar-refractivity contribution in [3.63, 3.8) is 0 Å². The van der Waals surface area contributed by atoms with E-state index in [1.54, 1.807) is 11.9 Å². The van der Waals surface area contributed by atoms with Gasteiger partial charge >= 0.3 is 0 Å². The fourth-order valence-corrected chi connectivity index (χ4v) is 3.06. The van der Waals surface area contributed by atoms with Crippen LogP contribution in [0.15, 0.2) is 42.5 Å². The molecule has 2 N–H and O–H groups in total. The Labute approximate surface area is 128 Å². The van der Waals surface area contributed by atoms with Gasteiger partial charge in [-0.3, -0.25) is 4.79 Å². The maximum absolute atomic E-state index is 12.2. The lowest BCUT2D eigenvalue weighted by atomic mass is 10.0. The molecule has 1 amide bonds. The van der Waals surface area contributed by atoms with Crippen LogP contribution in [-0.4, -0.2) is 17.9 Å². The molecule has 0 saturated carbocycles. The smallest absolute Gasteiger partial charge is 0.224 e. The zero-order valence-electron chi connectivity index (χ0n) is 11.3. The van der Waals surface area contributed by atoms with Gasteiger partial charge in [0.2, 0.25) is 5.91 Å². The summed E-state index contributed by atoms with van der Waals surface area (Å²) in [6, 6.07) is 13.2. The van der Waals surface area contributed by atoms with Crippen molar-refractivity contribution in [3.05, 3.63) is 57.2 Å². The molecule has 1 atom stereocenters. The number of hydrogen-bond acceptors (Lipinski definition) is 3. The molecule has 1 aromatic carbocycles. The highest BCUT2D eigenvalue weighted by Gasteiger charge is 2.15. The van der Waals surface area contributed by atoms with E-state index in [1.807, 2.05) is 42.5 Å². The van der Waals surface area contributed by atoms with Gasteiger partial charge in [-0.25, -0.2) is 0 Å². The molecule has 0 aliphatic carbocycles. The summed E-state index contributed by atoms with van der Waals surface area (Å²) < 4.78 is 0.738. The van der Waals surface area contributed by atoms with Crippen LogP contribution < -0.4 is 5.73 Å². The number of benzene rings is 1. The van der Waals surface area contributed by atoms with Crippen molar-refractivity contribution in [2.75, 3.05) is 7.05 Å². The molecule has 0 radical (unpaired) electrons. The van der Waals surface area contributed by atoms with Crippen LogP contribution in [0.3, 0.4) is 0 Å². The molecule has 1 aromatic heterocycles. The third-order valence-corrected chi connectivity index (χ3v) is 4.29. The molecule has 1 unspecified atom stereocenters. The van der Waals surface area contributed by atoms with Gasteiger partial charge in [-0.1, -0.05) is 41.9 Å². The fourth-order valence-electron chi connectivity index (χ4n) is 1.92. The molecule has 0 spiro atoms. The molecule has 106 valence electrons. The highest BCUT2D eigenvalue weighted by atomic mass is 35.5. The van der Waals surface area contributed by atoms with Crippen molar-refractivity contribution in [1.29, 1.82) is 0 Å². The Balaban J connectivity index is 1.91. The molecule has 2 rings (SSSR count). The molecule has 0 saturated heterocycles. The Morgan fingerprint density at radius 3 is 2.60 bits per heavy atom. The monoisotopic (exact) mass is 308 g/mol. The molecule has 2 aromatic rings. The third-order valence-electron chi connectivity index (χ3n) is 3.07. The molecule has 20 heavy (non-hydrogen) atoms. The predicted octanol–water partition coefficient (Wildman–Crippen LogP) is 3.45. The van der Waals surface area contributed by atoms with Crippen LogP contribution in [0, 0.1) is 0 Å². The maximum Gasteiger partial charge on any atom is 0.224 e. The van der Waals surface area contributed by atoms with E-state index < -0.39 is 0 Å². The average Bonchev–Trinajstić information content (AvgIpc) is 2.85. The van der Waals surface area contributed by atoms with Crippen molar-refractivity contribution in [2.45, 2.75) is 19.0 Å². The lowest BCUT2D eigenvalue weighted by molar-refractivity contribution is -0.130. The van der Waals surface area contributed by atoms with Crippen molar-refractivity contribution in [3.8, 4) is 0 Å². The summed E-state index contributed by atoms with van der Waals surface area (Å²) in [6.07, 6.45) is 0.305. The number of rotatable bonds is 5. The molecular formula is C15H17ClN2OS. The standard InChI is InChI=1S/C15H17ClN2OS/c1-18(10-12-7-8-14(16)20-12)15(19)9-13(17)11-5-3-2-4-6-11/h2-8,13H,9-10,17H2,1H3. The Morgan fingerprint density at radius 1 is 1.30 bits per heavy atom. The second-order valence-electron chi connectivity index (χ2n) is 4.68. The number of carbonyl (C=O) groups excluding carboxylic acids is 1. The number of nitrogens with two attached hydrogens (primary N) is 1. The van der Waals surface area contributed by atoms with Gasteiger partial charge in [0, 0.05) is 24.4 Å². The van der Waals surface area contributed by atoms with E-state index >= 15 is 0 Å². The van der Waals surface area contributed by atoms with Crippen molar-refractivity contribution >= 4 is 28.8 Å². The molecule has 1 heterocycles. The molecule has 0 aliphatic heterocycles. The van der Waals surface area contributed by atoms with Gasteiger partial charge in [0.15, 0.2) is 0 Å². The number of nitrogens with zero attached hydrogens (tertiary/aromatic N) is 1. The lowest BCUT2D eigenvalue weighted by Gasteiger charge is -2.19. The van der Waals surface area contributed by atoms with Gasteiger partial charge in [0.1, 0.15) is 0 Å². The number of halogens is 1. The number of amides is 1. The van der Waals surface area contributed by atoms with Crippen molar-refractivity contribution in [1.82, 2.24) is 4.90 Å². The minimum Gasteiger partial charge on any atom is -0.341 e. The molecule has 0 aliphatic rings. The zero-order chi connectivity index (χ0) is 14.5. The molecule has 5 heteroatoms. The SMILES string of the molecule is CN(Cc1ccc(Cl)s1)C(=O)CC(N)c1ccccc1. The Bertz CT molecular complexity index is 570. The highest BCUT2D eigenvalue weighted by Crippen LogP contribution is 2.23. The molecule has 0 fully saturated rings. The summed E-state index contributed by atoms with van der Waals surface area (Å²) in [7, 11) is 1.79. The van der Waals surface area contributed by atoms with Crippen LogP contribution in [0.2, 0.25) is 4.34 Å². The fraction of sp³-hybridized carbons (Fsp3) is 0.267. The first kappa shape index (κ1) is 15.0. The topological polar surface area (TPSA) is 46.3 Å². The summed E-state index contributed by atoms with van der Waals surface area (Å²) in [5.74, 6) is 0.0332. The average molecular weight is 309 g/mol. The number of hydrogen-bond donors (Lipinski definition) is 1. The van der Waals surface area contributed by atoms with Crippen LogP contribution in [0.4, 0.5) is 0 Å². The minimum atomic E-state index is -0.266. The number of carbonyl (C=O) groups is 1. The quantitative estimate of drug-likeness (QED) is 0.919. The summed E-state index contributed by atoms with van der Waals surface area (Å²) >= 11 is 7.37. The van der Waals surface area contributed by atoms with Gasteiger partial charge in [-0.15, -0.1) is 11.3 Å². The van der Waals surface area contributed by atoms with E-state index in [1.165, 1.54) is 11.3 Å². The minimum absolute atomic E-state index is 0.0332. The van der Waals surface area contributed by atoms with E-state index in [9.17, 15) is 4.79 Å². The third kappa shape index (κ3) is 4.07. The summed E-state index contributed by atoms with van der Waals surface area (Å²) in [4.78, 5) is 14.9. The van der Waals surface area contributed by atoms with Crippen LogP contribution in [-0.2, 0) is 11.3 Å². The largest absolute Gasteiger partial charge is 0.341 e. The Hall–Kier alpha value is -1.36. The van der Waals surface area contributed by atoms with Crippen LogP contribution in [0.5, 0.6) is 0 Å². The van der Waals surface area contributed by atoms with Gasteiger partial charge in [0.05, 0.1) is 10.9 Å². The first-order valence-electron chi connectivity index (χ1n) is 6.35. The van der Waals surface area contributed by atoms with Crippen molar-refractivity contribution < 1.29 is 4.79 Å². The van der Waals surface area contributed by atoms with Gasteiger partial charge in [-0.2, -0.15) is 0 Å². The normalized spacial score (nSPS) is 12.2. The van der Waals surface area contributed by atoms with Crippen LogP contribution >= 0.6 is 22.9 Å². The summed E-state index contributed by atoms with van der Waals surface area (Å²) in [5.41, 5.74) is 7.05. The summed E-state index contributed by atoms with van der Waals surface area (Å²) in [5, 5.41) is 0. The van der Waals surface area contributed by atoms with Gasteiger partial charge < -0.3 is 10.6 Å². The van der Waals surface area contributed by atoms with E-state index in [0.717, 1.165) is 14.8 Å². The molecular weight excluding hydrogens is 292 g/mol. The van der Waals surface area contributed by atoms with E-state index in [0.29, 0.717) is 13.0 Å². The first-order chi connectivity index (χ1) is 9.56. The first-order valence-corrected chi connectivity index (χ1v) is 7.54. The lowest BCUT2D eigenvalue weighted by Crippen LogP contribution is -2.29. The maximum atomic E-state index is 12.2. The predicted molar refractivity (Wildman–Crippen MR) is 83.8 cm³/mol. The Kier molecular flexibility index (Phi) is 5.17. The highest BCUT2D eigenvalue weighted by molar-refractivity contribution is 7.16. The van der Waals surface area contributed by atoms with Gasteiger partial charge in [-0.05, 0) is 17.7 Å². The van der Waals surface area contributed by atoms with E-state index in [2.05, 4.69) is 0 Å². The van der Waals surface area contributed by atoms with Crippen LogP contribution in [0.1, 0.15) is 22.9 Å². The molecule has 0 bridgehead atoms. The second kappa shape index (κ2) is 6.88. The van der Waals surface area contributed by atoms with E-state index in [4.69, 9.17) is 17.3 Å². The Morgan fingerprint density at radius 2 is 2.00 bits per heavy atom. The van der Waals surface area contributed by atoms with E-state index in [-0.39, 0.29) is 11.9 Å². The van der Waals surface area contributed by atoms with Crippen LogP contribution in [0.25, 0.3) is 0 Å². The second-order valence-corrected chi connectivity index (χ2v) is 6.48. The van der Waals surface area contributed by atoms with Crippen molar-refractivity contribution in [2.24, 2.45) is 5.73 Å².